The molecule has 0 aliphatic carbocycles. The molecule has 0 fully saturated rings. The van der Waals surface area contributed by atoms with Gasteiger partial charge in [0.25, 0.3) is 0 Å². The van der Waals surface area contributed by atoms with Crippen molar-refractivity contribution in [3.63, 3.8) is 0 Å². The third-order valence-electron chi connectivity index (χ3n) is 4.42. The zero-order chi connectivity index (χ0) is 24.9. The Balaban J connectivity index is 0. The van der Waals surface area contributed by atoms with Gasteiger partial charge in [0, 0.05) is 39.6 Å². The van der Waals surface area contributed by atoms with Crippen LogP contribution < -0.4 is 0 Å². The zero-order valence-corrected chi connectivity index (χ0v) is 24.3. The van der Waals surface area contributed by atoms with Gasteiger partial charge in [-0.25, -0.2) is 0 Å². The summed E-state index contributed by atoms with van der Waals surface area (Å²) in [5.74, 6) is 0. The van der Waals surface area contributed by atoms with Crippen LogP contribution in [0.1, 0.15) is 93.9 Å². The van der Waals surface area contributed by atoms with Crippen LogP contribution in [0, 0.1) is 0 Å². The van der Waals surface area contributed by atoms with Crippen molar-refractivity contribution in [3.05, 3.63) is 23.6 Å². The zero-order valence-electron chi connectivity index (χ0n) is 22.3. The van der Waals surface area contributed by atoms with Crippen LogP contribution in [0.25, 0.3) is 0 Å². The van der Waals surface area contributed by atoms with Gasteiger partial charge >= 0.3 is 17.6 Å². The molecule has 0 radical (unpaired) electrons. The third-order valence-corrected chi connectivity index (χ3v) is 10.3. The van der Waals surface area contributed by atoms with Crippen molar-refractivity contribution in [2.75, 3.05) is 39.6 Å². The van der Waals surface area contributed by atoms with Crippen molar-refractivity contribution in [1.29, 1.82) is 0 Å². The lowest BCUT2D eigenvalue weighted by Gasteiger charge is -2.30. The first-order chi connectivity index (χ1) is 15.3. The summed E-state index contributed by atoms with van der Waals surface area (Å²) < 4.78 is 34.8. The SMILES string of the molecule is C=C(C)[Si](OCC)(OCC)OCC.C=C(C)[Si](OCCCC)(OCCCC)OCCCC. The fraction of sp³-hybridized carbons (Fsp3) is 0.833. The number of hydrogen-bond donors (Lipinski definition) is 0. The molecule has 0 saturated heterocycles. The van der Waals surface area contributed by atoms with Gasteiger partial charge in [-0.15, -0.1) is 0 Å². The van der Waals surface area contributed by atoms with E-state index in [9.17, 15) is 0 Å². The van der Waals surface area contributed by atoms with Gasteiger partial charge in [-0.05, 0) is 64.3 Å². The summed E-state index contributed by atoms with van der Waals surface area (Å²) in [5, 5.41) is 1.80. The summed E-state index contributed by atoms with van der Waals surface area (Å²) in [7, 11) is -5.25. The number of hydrogen-bond acceptors (Lipinski definition) is 6. The van der Waals surface area contributed by atoms with Crippen LogP contribution in [0.15, 0.2) is 23.6 Å². The molecule has 32 heavy (non-hydrogen) atoms. The summed E-state index contributed by atoms with van der Waals surface area (Å²) in [5.41, 5.74) is 0. The monoisotopic (exact) mass is 492 g/mol. The van der Waals surface area contributed by atoms with E-state index in [1.54, 1.807) is 0 Å². The van der Waals surface area contributed by atoms with Crippen LogP contribution >= 0.6 is 0 Å². The smallest absolute Gasteiger partial charge is 0.371 e. The predicted octanol–water partition coefficient (Wildman–Crippen LogP) is 6.64. The molecule has 0 rings (SSSR count). The Morgan fingerprint density at radius 2 is 0.750 bits per heavy atom. The Morgan fingerprint density at radius 1 is 0.500 bits per heavy atom. The Kier molecular flexibility index (Phi) is 22.4. The first kappa shape index (κ1) is 33.8. The van der Waals surface area contributed by atoms with E-state index >= 15 is 0 Å². The van der Waals surface area contributed by atoms with E-state index in [0.29, 0.717) is 39.6 Å². The lowest BCUT2D eigenvalue weighted by atomic mass is 10.4. The molecular formula is C24H52O6Si2. The van der Waals surface area contributed by atoms with Crippen LogP contribution in [-0.2, 0) is 26.6 Å². The fourth-order valence-electron chi connectivity index (χ4n) is 2.61. The van der Waals surface area contributed by atoms with E-state index in [1.165, 1.54) is 0 Å². The molecule has 0 heterocycles. The average molecular weight is 493 g/mol. The first-order valence-corrected chi connectivity index (χ1v) is 15.9. The van der Waals surface area contributed by atoms with E-state index < -0.39 is 17.6 Å². The molecule has 0 bridgehead atoms. The second kappa shape index (κ2) is 21.2. The first-order valence-electron chi connectivity index (χ1n) is 12.4. The van der Waals surface area contributed by atoms with E-state index in [2.05, 4.69) is 33.9 Å². The molecule has 8 heteroatoms. The molecule has 0 aliphatic rings. The van der Waals surface area contributed by atoms with Crippen molar-refractivity contribution in [2.24, 2.45) is 0 Å². The molecule has 0 aromatic carbocycles. The molecule has 0 spiro atoms. The van der Waals surface area contributed by atoms with E-state index in [1.807, 2.05) is 34.6 Å². The van der Waals surface area contributed by atoms with Gasteiger partial charge in [0.1, 0.15) is 0 Å². The van der Waals surface area contributed by atoms with E-state index in [4.69, 9.17) is 26.6 Å². The maximum Gasteiger partial charge on any atom is 0.532 e. The topological polar surface area (TPSA) is 55.4 Å². The molecule has 0 saturated carbocycles. The molecule has 0 amide bonds. The van der Waals surface area contributed by atoms with E-state index in [0.717, 1.165) is 48.9 Å². The summed E-state index contributed by atoms with van der Waals surface area (Å²) in [6.07, 6.45) is 6.46. The standard InChI is InChI=1S/C15H32O3Si.C9H20O3Si/c1-6-9-12-16-19(15(4)5,17-13-10-7-2)18-14-11-8-3;1-6-10-13(9(4)5,11-7-2)12-8-3/h4,6-14H2,1-3,5H3;4,6-8H2,1-3,5H3. The fourth-order valence-corrected chi connectivity index (χ4v) is 6.97. The minimum absolute atomic E-state index is 0.596. The molecule has 6 nitrogen and oxygen atoms in total. The molecule has 0 unspecified atom stereocenters. The Labute approximate surface area is 201 Å². The summed E-state index contributed by atoms with van der Waals surface area (Å²) in [6.45, 7) is 27.9. The van der Waals surface area contributed by atoms with Crippen LogP contribution in [0.4, 0.5) is 0 Å². The molecule has 0 aliphatic heterocycles. The minimum Gasteiger partial charge on any atom is -0.371 e. The second-order valence-corrected chi connectivity index (χ2v) is 13.2. The predicted molar refractivity (Wildman–Crippen MR) is 139 cm³/mol. The highest BCUT2D eigenvalue weighted by molar-refractivity contribution is 6.68. The number of allylic oxidation sites excluding steroid dienone is 2. The largest absolute Gasteiger partial charge is 0.532 e. The molecular weight excluding hydrogens is 440 g/mol. The lowest BCUT2D eigenvalue weighted by Crippen LogP contribution is -2.48. The number of unbranched alkanes of at least 4 members (excludes halogenated alkanes) is 3. The molecule has 0 atom stereocenters. The maximum atomic E-state index is 6.02. The molecule has 0 aromatic heterocycles. The molecule has 0 aromatic rings. The van der Waals surface area contributed by atoms with Gasteiger partial charge < -0.3 is 26.6 Å². The Hall–Kier alpha value is -0.326. The quantitative estimate of drug-likeness (QED) is 0.140. The Morgan fingerprint density at radius 3 is 0.938 bits per heavy atom. The lowest BCUT2D eigenvalue weighted by molar-refractivity contribution is 0.0653. The van der Waals surface area contributed by atoms with Crippen molar-refractivity contribution in [3.8, 4) is 0 Å². The Bertz CT molecular complexity index is 430. The van der Waals surface area contributed by atoms with Crippen molar-refractivity contribution in [2.45, 2.75) is 93.9 Å². The average Bonchev–Trinajstić information content (AvgIpc) is 2.74. The highest BCUT2D eigenvalue weighted by Gasteiger charge is 2.43. The molecule has 192 valence electrons. The highest BCUT2D eigenvalue weighted by atomic mass is 28.4. The highest BCUT2D eigenvalue weighted by Crippen LogP contribution is 2.20. The van der Waals surface area contributed by atoms with Gasteiger partial charge in [0.2, 0.25) is 0 Å². The van der Waals surface area contributed by atoms with E-state index in [-0.39, 0.29) is 0 Å². The van der Waals surface area contributed by atoms with Crippen LogP contribution in [0.3, 0.4) is 0 Å². The van der Waals surface area contributed by atoms with Gasteiger partial charge in [-0.3, -0.25) is 0 Å². The minimum atomic E-state index is -2.68. The summed E-state index contributed by atoms with van der Waals surface area (Å²) >= 11 is 0. The van der Waals surface area contributed by atoms with Crippen LogP contribution in [-0.4, -0.2) is 57.3 Å². The van der Waals surface area contributed by atoms with Crippen LogP contribution in [0.5, 0.6) is 0 Å². The summed E-state index contributed by atoms with van der Waals surface area (Å²) in [6, 6.07) is 0. The number of rotatable bonds is 20. The van der Waals surface area contributed by atoms with Crippen molar-refractivity contribution >= 4 is 17.6 Å². The summed E-state index contributed by atoms with van der Waals surface area (Å²) in [4.78, 5) is 0. The van der Waals surface area contributed by atoms with Gasteiger partial charge in [-0.1, -0.05) is 53.2 Å². The van der Waals surface area contributed by atoms with Crippen LogP contribution in [0.2, 0.25) is 0 Å². The second-order valence-electron chi connectivity index (χ2n) is 7.58. The van der Waals surface area contributed by atoms with Gasteiger partial charge in [0.05, 0.1) is 0 Å². The van der Waals surface area contributed by atoms with Crippen molar-refractivity contribution < 1.29 is 26.6 Å². The maximum absolute atomic E-state index is 6.02. The van der Waals surface area contributed by atoms with Gasteiger partial charge in [-0.2, -0.15) is 0 Å². The van der Waals surface area contributed by atoms with Gasteiger partial charge in [0.15, 0.2) is 0 Å². The van der Waals surface area contributed by atoms with Crippen molar-refractivity contribution in [1.82, 2.24) is 0 Å². The third kappa shape index (κ3) is 14.0. The molecule has 0 N–H and O–H groups in total. The normalized spacial score (nSPS) is 11.8.